The van der Waals surface area contributed by atoms with Crippen molar-refractivity contribution in [1.82, 2.24) is 0 Å². The molecular formula is C52H100O6. The second-order valence-electron chi connectivity index (χ2n) is 18.8. The first-order valence-corrected chi connectivity index (χ1v) is 25.7. The average molecular weight is 821 g/mol. The van der Waals surface area contributed by atoms with Gasteiger partial charge in [0, 0.05) is 19.3 Å². The van der Waals surface area contributed by atoms with Crippen molar-refractivity contribution in [2.75, 3.05) is 13.2 Å². The molecule has 6 nitrogen and oxygen atoms in total. The largest absolute Gasteiger partial charge is 0.462 e. The van der Waals surface area contributed by atoms with Crippen molar-refractivity contribution in [3.05, 3.63) is 0 Å². The summed E-state index contributed by atoms with van der Waals surface area (Å²) in [5.74, 6) is 0.755. The van der Waals surface area contributed by atoms with E-state index in [0.717, 1.165) is 69.6 Å². The summed E-state index contributed by atoms with van der Waals surface area (Å²) in [6.07, 6.45) is 45.3. The molecule has 0 fully saturated rings. The Hall–Kier alpha value is -1.59. The zero-order valence-electron chi connectivity index (χ0n) is 39.7. The summed E-state index contributed by atoms with van der Waals surface area (Å²) in [5.41, 5.74) is 0. The highest BCUT2D eigenvalue weighted by molar-refractivity contribution is 5.71. The number of carbonyl (C=O) groups is 3. The Morgan fingerprint density at radius 3 is 0.845 bits per heavy atom. The molecule has 0 unspecified atom stereocenters. The molecule has 0 aliphatic carbocycles. The van der Waals surface area contributed by atoms with Crippen LogP contribution in [0.2, 0.25) is 0 Å². The van der Waals surface area contributed by atoms with E-state index in [-0.39, 0.29) is 31.1 Å². The minimum Gasteiger partial charge on any atom is -0.462 e. The molecule has 58 heavy (non-hydrogen) atoms. The maximum Gasteiger partial charge on any atom is 0.306 e. The third-order valence-electron chi connectivity index (χ3n) is 11.7. The van der Waals surface area contributed by atoms with Gasteiger partial charge < -0.3 is 14.2 Å². The van der Waals surface area contributed by atoms with Crippen LogP contribution in [-0.2, 0) is 28.6 Å². The number of hydrogen-bond acceptors (Lipinski definition) is 6. The molecular weight excluding hydrogens is 721 g/mol. The van der Waals surface area contributed by atoms with E-state index in [2.05, 4.69) is 34.6 Å². The first-order chi connectivity index (χ1) is 28.2. The van der Waals surface area contributed by atoms with Crippen molar-refractivity contribution >= 4 is 17.9 Å². The third kappa shape index (κ3) is 45.5. The number of esters is 3. The molecule has 0 spiro atoms. The normalized spacial score (nSPS) is 12.1. The van der Waals surface area contributed by atoms with Crippen LogP contribution in [0.4, 0.5) is 0 Å². The van der Waals surface area contributed by atoms with E-state index in [1.54, 1.807) is 0 Å². The highest BCUT2D eigenvalue weighted by Crippen LogP contribution is 2.17. The van der Waals surface area contributed by atoms with Gasteiger partial charge in [0.1, 0.15) is 13.2 Å². The van der Waals surface area contributed by atoms with Crippen LogP contribution < -0.4 is 0 Å². The molecule has 0 aliphatic rings. The van der Waals surface area contributed by atoms with Crippen molar-refractivity contribution in [3.8, 4) is 0 Å². The number of hydrogen-bond donors (Lipinski definition) is 0. The first kappa shape index (κ1) is 56.4. The van der Waals surface area contributed by atoms with Gasteiger partial charge in [0.2, 0.25) is 0 Å². The standard InChI is InChI=1S/C52H100O6/c1-6-7-8-9-10-11-12-13-17-21-24-27-34-39-44-52(55)58-49(46-57-51(54)43-38-33-29-28-31-36-41-48(4)5)45-56-50(53)42-37-32-26-23-20-18-15-14-16-19-22-25-30-35-40-47(2)3/h47-49H,6-46H2,1-5H3/t49-/m0/s1. The van der Waals surface area contributed by atoms with Crippen LogP contribution in [-0.4, -0.2) is 37.2 Å². The predicted molar refractivity (Wildman–Crippen MR) is 247 cm³/mol. The van der Waals surface area contributed by atoms with Crippen molar-refractivity contribution < 1.29 is 28.6 Å². The van der Waals surface area contributed by atoms with E-state index in [1.807, 2.05) is 0 Å². The Bertz CT molecular complexity index is 885. The Kier molecular flexibility index (Phi) is 43.7. The fourth-order valence-corrected chi connectivity index (χ4v) is 7.81. The molecule has 0 radical (unpaired) electrons. The second kappa shape index (κ2) is 44.9. The minimum absolute atomic E-state index is 0.0644. The van der Waals surface area contributed by atoms with Gasteiger partial charge in [-0.1, -0.05) is 247 Å². The topological polar surface area (TPSA) is 78.9 Å². The van der Waals surface area contributed by atoms with Gasteiger partial charge in [-0.3, -0.25) is 14.4 Å². The second-order valence-corrected chi connectivity index (χ2v) is 18.8. The summed E-state index contributed by atoms with van der Waals surface area (Å²) < 4.78 is 16.8. The summed E-state index contributed by atoms with van der Waals surface area (Å²) in [7, 11) is 0. The number of rotatable bonds is 46. The van der Waals surface area contributed by atoms with E-state index in [1.165, 1.54) is 173 Å². The Balaban J connectivity index is 4.26. The lowest BCUT2D eigenvalue weighted by molar-refractivity contribution is -0.167. The van der Waals surface area contributed by atoms with E-state index < -0.39 is 6.10 Å². The number of ether oxygens (including phenoxy) is 3. The minimum atomic E-state index is -0.761. The molecule has 0 aliphatic heterocycles. The smallest absolute Gasteiger partial charge is 0.306 e. The zero-order chi connectivity index (χ0) is 42.6. The van der Waals surface area contributed by atoms with Gasteiger partial charge in [-0.25, -0.2) is 0 Å². The molecule has 0 aromatic heterocycles. The number of unbranched alkanes of at least 4 members (excludes halogenated alkanes) is 31. The van der Waals surface area contributed by atoms with Gasteiger partial charge in [-0.15, -0.1) is 0 Å². The molecule has 6 heteroatoms. The molecule has 0 rings (SSSR count). The highest BCUT2D eigenvalue weighted by Gasteiger charge is 2.19. The van der Waals surface area contributed by atoms with Crippen molar-refractivity contribution in [2.24, 2.45) is 11.8 Å². The molecule has 0 aromatic rings. The molecule has 0 aromatic carbocycles. The quantitative estimate of drug-likeness (QED) is 0.0346. The molecule has 0 heterocycles. The molecule has 0 amide bonds. The van der Waals surface area contributed by atoms with Crippen LogP contribution in [0, 0.1) is 11.8 Å². The average Bonchev–Trinajstić information content (AvgIpc) is 3.19. The maximum absolute atomic E-state index is 12.8. The van der Waals surface area contributed by atoms with Gasteiger partial charge >= 0.3 is 17.9 Å². The fraction of sp³-hybridized carbons (Fsp3) is 0.942. The van der Waals surface area contributed by atoms with Gasteiger partial charge in [0.25, 0.3) is 0 Å². The molecule has 0 N–H and O–H groups in total. The van der Waals surface area contributed by atoms with Crippen LogP contribution in [0.25, 0.3) is 0 Å². The predicted octanol–water partition coefficient (Wildman–Crippen LogP) is 16.5. The first-order valence-electron chi connectivity index (χ1n) is 25.7. The van der Waals surface area contributed by atoms with E-state index in [9.17, 15) is 14.4 Å². The van der Waals surface area contributed by atoms with Gasteiger partial charge in [-0.2, -0.15) is 0 Å². The summed E-state index contributed by atoms with van der Waals surface area (Å²) in [4.78, 5) is 37.9. The van der Waals surface area contributed by atoms with Crippen LogP contribution >= 0.6 is 0 Å². The molecule has 344 valence electrons. The lowest BCUT2D eigenvalue weighted by Crippen LogP contribution is -2.30. The van der Waals surface area contributed by atoms with Crippen LogP contribution in [0.5, 0.6) is 0 Å². The molecule has 1 atom stereocenters. The Morgan fingerprint density at radius 2 is 0.569 bits per heavy atom. The summed E-state index contributed by atoms with van der Waals surface area (Å²) >= 11 is 0. The fourth-order valence-electron chi connectivity index (χ4n) is 7.81. The third-order valence-corrected chi connectivity index (χ3v) is 11.7. The Labute approximate surface area is 361 Å². The van der Waals surface area contributed by atoms with Crippen LogP contribution in [0.15, 0.2) is 0 Å². The monoisotopic (exact) mass is 821 g/mol. The Morgan fingerprint density at radius 1 is 0.328 bits per heavy atom. The number of carbonyl (C=O) groups excluding carboxylic acids is 3. The van der Waals surface area contributed by atoms with Gasteiger partial charge in [-0.05, 0) is 31.1 Å². The summed E-state index contributed by atoms with van der Waals surface area (Å²) in [6.45, 7) is 11.3. The van der Waals surface area contributed by atoms with E-state index in [0.29, 0.717) is 19.3 Å². The lowest BCUT2D eigenvalue weighted by atomic mass is 10.0. The molecule has 0 saturated heterocycles. The maximum atomic E-state index is 12.8. The van der Waals surface area contributed by atoms with Crippen LogP contribution in [0.1, 0.15) is 285 Å². The van der Waals surface area contributed by atoms with E-state index in [4.69, 9.17) is 14.2 Å². The van der Waals surface area contributed by atoms with E-state index >= 15 is 0 Å². The van der Waals surface area contributed by atoms with Crippen molar-refractivity contribution in [3.63, 3.8) is 0 Å². The SMILES string of the molecule is CCCCCCCCCCCCCCCCC(=O)O[C@@H](COC(=O)CCCCCCCCCCCCCCCCC(C)C)COC(=O)CCCCCCCCC(C)C. The van der Waals surface area contributed by atoms with Crippen molar-refractivity contribution in [1.29, 1.82) is 0 Å². The zero-order valence-corrected chi connectivity index (χ0v) is 39.7. The lowest BCUT2D eigenvalue weighted by Gasteiger charge is -2.18. The summed E-state index contributed by atoms with van der Waals surface area (Å²) in [5, 5.41) is 0. The van der Waals surface area contributed by atoms with Crippen LogP contribution in [0.3, 0.4) is 0 Å². The van der Waals surface area contributed by atoms with Gasteiger partial charge in [0.05, 0.1) is 0 Å². The molecule has 0 bridgehead atoms. The molecule has 0 saturated carbocycles. The van der Waals surface area contributed by atoms with Gasteiger partial charge in [0.15, 0.2) is 6.10 Å². The summed E-state index contributed by atoms with van der Waals surface area (Å²) in [6, 6.07) is 0. The van der Waals surface area contributed by atoms with Crippen molar-refractivity contribution in [2.45, 2.75) is 291 Å². The highest BCUT2D eigenvalue weighted by atomic mass is 16.6.